The minimum absolute atomic E-state index is 0. The Balaban J connectivity index is 0.00000261. The van der Waals surface area contributed by atoms with Crippen LogP contribution in [0, 0.1) is 5.92 Å². The van der Waals surface area contributed by atoms with E-state index >= 15 is 0 Å². The van der Waals surface area contributed by atoms with Crippen molar-refractivity contribution in [1.82, 2.24) is 14.9 Å². The fourth-order valence-corrected chi connectivity index (χ4v) is 3.78. The van der Waals surface area contributed by atoms with Crippen LogP contribution in [0.25, 0.3) is 0 Å². The standard InChI is InChI=1S/C19H29N3O3S.ClH/c1-2-26(24,25)21-14-16-5-7-17(8-6-16)19(23)22-11-9-18(10-12-22)20-13-15-3-4-15;/h5-8,15,18,20-21H,2-4,9-14H2,1H3;1H. The van der Waals surface area contributed by atoms with Crippen molar-refractivity contribution >= 4 is 28.3 Å². The molecule has 1 aliphatic carbocycles. The zero-order chi connectivity index (χ0) is 18.6. The number of piperidine rings is 1. The Morgan fingerprint density at radius 2 is 1.74 bits per heavy atom. The summed E-state index contributed by atoms with van der Waals surface area (Å²) < 4.78 is 25.5. The first-order valence-corrected chi connectivity index (χ1v) is 11.2. The highest BCUT2D eigenvalue weighted by Gasteiger charge is 2.26. The quantitative estimate of drug-likeness (QED) is 0.681. The van der Waals surface area contributed by atoms with Gasteiger partial charge in [-0.05, 0) is 62.8 Å². The largest absolute Gasteiger partial charge is 0.339 e. The van der Waals surface area contributed by atoms with E-state index in [1.54, 1.807) is 19.1 Å². The van der Waals surface area contributed by atoms with Gasteiger partial charge in [0.05, 0.1) is 5.75 Å². The second-order valence-corrected chi connectivity index (χ2v) is 9.44. The maximum Gasteiger partial charge on any atom is 0.253 e. The minimum atomic E-state index is -3.20. The first kappa shape index (κ1) is 22.1. The van der Waals surface area contributed by atoms with Gasteiger partial charge in [-0.25, -0.2) is 13.1 Å². The van der Waals surface area contributed by atoms with Crippen molar-refractivity contribution < 1.29 is 13.2 Å². The first-order chi connectivity index (χ1) is 12.5. The molecule has 0 aromatic heterocycles. The normalized spacial score (nSPS) is 18.2. The fourth-order valence-electron chi connectivity index (χ4n) is 3.19. The van der Waals surface area contributed by atoms with E-state index in [1.807, 2.05) is 17.0 Å². The van der Waals surface area contributed by atoms with Gasteiger partial charge in [-0.2, -0.15) is 0 Å². The van der Waals surface area contributed by atoms with Crippen LogP contribution in [0.3, 0.4) is 0 Å². The molecule has 0 unspecified atom stereocenters. The van der Waals surface area contributed by atoms with Gasteiger partial charge in [0.1, 0.15) is 0 Å². The summed E-state index contributed by atoms with van der Waals surface area (Å²) in [6, 6.07) is 7.74. The Bertz CT molecular complexity index is 712. The molecule has 0 atom stereocenters. The van der Waals surface area contributed by atoms with Crippen LogP contribution in [0.4, 0.5) is 0 Å². The number of nitrogens with one attached hydrogen (secondary N) is 2. The van der Waals surface area contributed by atoms with E-state index in [0.717, 1.165) is 44.0 Å². The third kappa shape index (κ3) is 6.75. The van der Waals surface area contributed by atoms with Gasteiger partial charge in [-0.3, -0.25) is 4.79 Å². The van der Waals surface area contributed by atoms with Crippen molar-refractivity contribution in [3.8, 4) is 0 Å². The lowest BCUT2D eigenvalue weighted by Gasteiger charge is -2.32. The van der Waals surface area contributed by atoms with Gasteiger partial charge >= 0.3 is 0 Å². The number of benzene rings is 1. The molecule has 2 fully saturated rings. The molecule has 0 radical (unpaired) electrons. The smallest absolute Gasteiger partial charge is 0.253 e. The van der Waals surface area contributed by atoms with Crippen LogP contribution >= 0.6 is 12.4 Å². The zero-order valence-corrected chi connectivity index (χ0v) is 17.4. The van der Waals surface area contributed by atoms with Crippen LogP contribution in [-0.2, 0) is 16.6 Å². The van der Waals surface area contributed by atoms with Crippen LogP contribution in [-0.4, -0.2) is 50.7 Å². The molecular formula is C19H30ClN3O3S. The fraction of sp³-hybridized carbons (Fsp3) is 0.632. The monoisotopic (exact) mass is 415 g/mol. The second-order valence-electron chi connectivity index (χ2n) is 7.34. The summed E-state index contributed by atoms with van der Waals surface area (Å²) in [5, 5.41) is 3.63. The van der Waals surface area contributed by atoms with E-state index in [1.165, 1.54) is 12.8 Å². The van der Waals surface area contributed by atoms with Gasteiger partial charge in [-0.1, -0.05) is 12.1 Å². The molecule has 6 nitrogen and oxygen atoms in total. The number of carbonyl (C=O) groups excluding carboxylic acids is 1. The molecule has 1 aromatic rings. The van der Waals surface area contributed by atoms with Crippen molar-refractivity contribution in [2.75, 3.05) is 25.4 Å². The number of hydrogen-bond acceptors (Lipinski definition) is 4. The molecular weight excluding hydrogens is 386 g/mol. The highest BCUT2D eigenvalue weighted by Crippen LogP contribution is 2.28. The number of sulfonamides is 1. The van der Waals surface area contributed by atoms with E-state index < -0.39 is 10.0 Å². The predicted octanol–water partition coefficient (Wildman–Crippen LogP) is 2.15. The molecule has 152 valence electrons. The van der Waals surface area contributed by atoms with E-state index in [9.17, 15) is 13.2 Å². The Labute approximate surface area is 168 Å². The number of rotatable bonds is 8. The molecule has 1 aliphatic heterocycles. The number of likely N-dealkylation sites (tertiary alicyclic amines) is 1. The lowest BCUT2D eigenvalue weighted by molar-refractivity contribution is 0.0705. The van der Waals surface area contributed by atoms with Crippen LogP contribution in [0.2, 0.25) is 0 Å². The van der Waals surface area contributed by atoms with Crippen LogP contribution in [0.15, 0.2) is 24.3 Å². The molecule has 2 aliphatic rings. The zero-order valence-electron chi connectivity index (χ0n) is 15.8. The molecule has 1 amide bonds. The van der Waals surface area contributed by atoms with E-state index in [4.69, 9.17) is 0 Å². The molecule has 1 heterocycles. The average Bonchev–Trinajstić information content (AvgIpc) is 3.50. The number of amides is 1. The Morgan fingerprint density at radius 1 is 1.11 bits per heavy atom. The summed E-state index contributed by atoms with van der Waals surface area (Å²) in [5.41, 5.74) is 1.51. The summed E-state index contributed by atoms with van der Waals surface area (Å²) in [4.78, 5) is 14.6. The maximum absolute atomic E-state index is 12.7. The molecule has 8 heteroatoms. The van der Waals surface area contributed by atoms with E-state index in [0.29, 0.717) is 11.6 Å². The molecule has 2 N–H and O–H groups in total. The Kier molecular flexibility index (Phi) is 8.09. The molecule has 1 saturated carbocycles. The second kappa shape index (κ2) is 9.87. The van der Waals surface area contributed by atoms with Gasteiger partial charge in [-0.15, -0.1) is 12.4 Å². The average molecular weight is 416 g/mol. The summed E-state index contributed by atoms with van der Waals surface area (Å²) in [5.74, 6) is 1.01. The van der Waals surface area contributed by atoms with E-state index in [-0.39, 0.29) is 30.6 Å². The third-order valence-electron chi connectivity index (χ3n) is 5.25. The number of carbonyl (C=O) groups is 1. The lowest BCUT2D eigenvalue weighted by atomic mass is 10.0. The van der Waals surface area contributed by atoms with E-state index in [2.05, 4.69) is 10.0 Å². The summed E-state index contributed by atoms with van der Waals surface area (Å²) in [7, 11) is -3.20. The molecule has 3 rings (SSSR count). The van der Waals surface area contributed by atoms with Gasteiger partial charge in [0.25, 0.3) is 5.91 Å². The van der Waals surface area contributed by atoms with Crippen molar-refractivity contribution in [2.24, 2.45) is 5.92 Å². The highest BCUT2D eigenvalue weighted by atomic mass is 35.5. The van der Waals surface area contributed by atoms with Crippen LogP contribution in [0.5, 0.6) is 0 Å². The number of halogens is 1. The van der Waals surface area contributed by atoms with Gasteiger partial charge in [0.2, 0.25) is 10.0 Å². The van der Waals surface area contributed by atoms with Gasteiger partial charge in [0.15, 0.2) is 0 Å². The Morgan fingerprint density at radius 3 is 2.30 bits per heavy atom. The third-order valence-corrected chi connectivity index (χ3v) is 6.60. The lowest BCUT2D eigenvalue weighted by Crippen LogP contribution is -2.45. The molecule has 1 saturated heterocycles. The van der Waals surface area contributed by atoms with Crippen molar-refractivity contribution in [3.63, 3.8) is 0 Å². The minimum Gasteiger partial charge on any atom is -0.339 e. The van der Waals surface area contributed by atoms with Crippen molar-refractivity contribution in [2.45, 2.75) is 45.2 Å². The maximum atomic E-state index is 12.7. The SMILES string of the molecule is CCS(=O)(=O)NCc1ccc(C(=O)N2CCC(NCC3CC3)CC2)cc1.Cl. The van der Waals surface area contributed by atoms with Crippen LogP contribution in [0.1, 0.15) is 48.5 Å². The van der Waals surface area contributed by atoms with Crippen molar-refractivity contribution in [3.05, 3.63) is 35.4 Å². The first-order valence-electron chi connectivity index (χ1n) is 9.56. The number of nitrogens with zero attached hydrogens (tertiary/aromatic N) is 1. The summed E-state index contributed by atoms with van der Waals surface area (Å²) in [6.07, 6.45) is 4.74. The summed E-state index contributed by atoms with van der Waals surface area (Å²) >= 11 is 0. The van der Waals surface area contributed by atoms with Gasteiger partial charge in [0, 0.05) is 31.2 Å². The summed E-state index contributed by atoms with van der Waals surface area (Å²) in [6.45, 7) is 4.57. The Hall–Kier alpha value is -1.15. The molecule has 1 aromatic carbocycles. The van der Waals surface area contributed by atoms with Crippen LogP contribution < -0.4 is 10.0 Å². The number of hydrogen-bond donors (Lipinski definition) is 2. The molecule has 0 spiro atoms. The molecule has 0 bridgehead atoms. The predicted molar refractivity (Wildman–Crippen MR) is 110 cm³/mol. The van der Waals surface area contributed by atoms with Gasteiger partial charge < -0.3 is 10.2 Å². The molecule has 27 heavy (non-hydrogen) atoms. The van der Waals surface area contributed by atoms with Crippen molar-refractivity contribution in [1.29, 1.82) is 0 Å². The topological polar surface area (TPSA) is 78.5 Å². The highest BCUT2D eigenvalue weighted by molar-refractivity contribution is 7.89.